The van der Waals surface area contributed by atoms with Crippen molar-refractivity contribution in [1.82, 2.24) is 4.72 Å². The molecule has 116 valence electrons. The van der Waals surface area contributed by atoms with Crippen LogP contribution in [0.25, 0.3) is 0 Å². The van der Waals surface area contributed by atoms with Crippen molar-refractivity contribution in [3.05, 3.63) is 28.8 Å². The molecule has 1 aliphatic carbocycles. The van der Waals surface area contributed by atoms with E-state index in [0.717, 1.165) is 12.5 Å². The normalized spacial score (nSPS) is 26.6. The molecule has 3 rings (SSSR count). The van der Waals surface area contributed by atoms with E-state index in [0.29, 0.717) is 19.6 Å². The maximum atomic E-state index is 12.2. The summed E-state index contributed by atoms with van der Waals surface area (Å²) in [6.07, 6.45) is 1.44. The lowest BCUT2D eigenvalue weighted by Crippen LogP contribution is -2.33. The number of sulfonamides is 1. The molecule has 1 N–H and O–H groups in total. The predicted molar refractivity (Wildman–Crippen MR) is 77.5 cm³/mol. The summed E-state index contributed by atoms with van der Waals surface area (Å²) < 4.78 is 31.8. The van der Waals surface area contributed by atoms with Gasteiger partial charge in [0.15, 0.2) is 0 Å². The molecule has 2 unspecified atom stereocenters. The first-order valence-electron chi connectivity index (χ1n) is 6.72. The van der Waals surface area contributed by atoms with E-state index in [1.807, 2.05) is 6.07 Å². The van der Waals surface area contributed by atoms with E-state index in [1.54, 1.807) is 0 Å². The van der Waals surface area contributed by atoms with Gasteiger partial charge in [-0.2, -0.15) is 5.26 Å². The van der Waals surface area contributed by atoms with Crippen molar-refractivity contribution >= 4 is 27.5 Å². The molecule has 6 nitrogen and oxygen atoms in total. The third-order valence-electron chi connectivity index (χ3n) is 4.25. The van der Waals surface area contributed by atoms with E-state index >= 15 is 0 Å². The lowest BCUT2D eigenvalue weighted by molar-refractivity contribution is -0.121. The van der Waals surface area contributed by atoms with Crippen LogP contribution < -0.4 is 4.72 Å². The van der Waals surface area contributed by atoms with E-state index in [1.165, 1.54) is 12.1 Å². The van der Waals surface area contributed by atoms with Crippen molar-refractivity contribution in [2.24, 2.45) is 11.3 Å². The standard InChI is InChI=1S/C14H13ClN2O4S/c15-12-5-10(2-1-9(12)7-16)22(19,20)17-13(18)11-6-14(11)3-4-21-8-14/h1-2,5,11H,3-4,6,8H2,(H,17,18). The molecule has 1 aliphatic heterocycles. The first-order chi connectivity index (χ1) is 10.4. The molecule has 0 radical (unpaired) electrons. The van der Waals surface area contributed by atoms with Crippen LogP contribution >= 0.6 is 11.6 Å². The zero-order valence-corrected chi connectivity index (χ0v) is 13.1. The summed E-state index contributed by atoms with van der Waals surface area (Å²) in [5.41, 5.74) is -0.00163. The van der Waals surface area contributed by atoms with Gasteiger partial charge in [0.05, 0.1) is 22.1 Å². The van der Waals surface area contributed by atoms with Crippen molar-refractivity contribution in [1.29, 1.82) is 5.26 Å². The van der Waals surface area contributed by atoms with Gasteiger partial charge >= 0.3 is 0 Å². The molecule has 2 atom stereocenters. The summed E-state index contributed by atoms with van der Waals surface area (Å²) in [6.45, 7) is 1.12. The monoisotopic (exact) mass is 340 g/mol. The highest BCUT2D eigenvalue weighted by Gasteiger charge is 2.60. The zero-order valence-electron chi connectivity index (χ0n) is 11.5. The summed E-state index contributed by atoms with van der Waals surface area (Å²) in [5.74, 6) is -0.829. The minimum Gasteiger partial charge on any atom is -0.381 e. The Labute approximate surface area is 133 Å². The maximum absolute atomic E-state index is 12.2. The Morgan fingerprint density at radius 3 is 2.86 bits per heavy atom. The van der Waals surface area contributed by atoms with Gasteiger partial charge in [-0.15, -0.1) is 0 Å². The molecule has 1 saturated heterocycles. The van der Waals surface area contributed by atoms with Crippen molar-refractivity contribution in [3.63, 3.8) is 0 Å². The maximum Gasteiger partial charge on any atom is 0.264 e. The zero-order chi connectivity index (χ0) is 16.0. The van der Waals surface area contributed by atoms with E-state index in [9.17, 15) is 13.2 Å². The second-order valence-electron chi connectivity index (χ2n) is 5.64. The fourth-order valence-electron chi connectivity index (χ4n) is 2.79. The number of benzene rings is 1. The van der Waals surface area contributed by atoms with E-state index in [2.05, 4.69) is 4.72 Å². The van der Waals surface area contributed by atoms with Crippen LogP contribution in [-0.4, -0.2) is 27.5 Å². The highest BCUT2D eigenvalue weighted by Crippen LogP contribution is 2.57. The van der Waals surface area contributed by atoms with E-state index in [4.69, 9.17) is 21.6 Å². The molecule has 1 aromatic rings. The first kappa shape index (κ1) is 15.3. The molecule has 1 amide bonds. The lowest BCUT2D eigenvalue weighted by Gasteiger charge is -2.09. The molecule has 2 fully saturated rings. The second kappa shape index (κ2) is 5.23. The number of amides is 1. The number of nitriles is 1. The molecule has 0 aromatic heterocycles. The summed E-state index contributed by atoms with van der Waals surface area (Å²) in [4.78, 5) is 12.0. The van der Waals surface area contributed by atoms with Crippen LogP contribution in [0.3, 0.4) is 0 Å². The van der Waals surface area contributed by atoms with Gasteiger partial charge in [0.1, 0.15) is 6.07 Å². The number of hydrogen-bond acceptors (Lipinski definition) is 5. The lowest BCUT2D eigenvalue weighted by atomic mass is 10.0. The van der Waals surface area contributed by atoms with Crippen LogP contribution in [0, 0.1) is 22.7 Å². The molecule has 1 spiro atoms. The van der Waals surface area contributed by atoms with Gasteiger partial charge in [0.2, 0.25) is 5.91 Å². The number of carbonyl (C=O) groups excluding carboxylic acids is 1. The smallest absolute Gasteiger partial charge is 0.264 e. The van der Waals surface area contributed by atoms with Crippen LogP contribution in [0.15, 0.2) is 23.1 Å². The molecule has 8 heteroatoms. The molecule has 22 heavy (non-hydrogen) atoms. The van der Waals surface area contributed by atoms with Gasteiger partial charge < -0.3 is 4.74 Å². The molecular formula is C14H13ClN2O4S. The molecule has 1 aromatic carbocycles. The Kier molecular flexibility index (Phi) is 3.63. The van der Waals surface area contributed by atoms with E-state index in [-0.39, 0.29) is 26.8 Å². The van der Waals surface area contributed by atoms with Gasteiger partial charge in [-0.3, -0.25) is 4.79 Å². The average molecular weight is 341 g/mol. The Hall–Kier alpha value is -1.62. The van der Waals surface area contributed by atoms with Crippen molar-refractivity contribution in [2.45, 2.75) is 17.7 Å². The van der Waals surface area contributed by atoms with Crippen LogP contribution in [0.2, 0.25) is 5.02 Å². The molecule has 1 heterocycles. The van der Waals surface area contributed by atoms with Crippen molar-refractivity contribution < 1.29 is 17.9 Å². The topological polar surface area (TPSA) is 96.3 Å². The van der Waals surface area contributed by atoms with Crippen molar-refractivity contribution in [2.75, 3.05) is 13.2 Å². The molecular weight excluding hydrogens is 328 g/mol. The largest absolute Gasteiger partial charge is 0.381 e. The van der Waals surface area contributed by atoms with Gasteiger partial charge in [-0.1, -0.05) is 11.6 Å². The second-order valence-corrected chi connectivity index (χ2v) is 7.73. The van der Waals surface area contributed by atoms with Crippen molar-refractivity contribution in [3.8, 4) is 6.07 Å². The predicted octanol–water partition coefficient (Wildman–Crippen LogP) is 1.44. The highest BCUT2D eigenvalue weighted by atomic mass is 35.5. The number of nitrogens with zero attached hydrogens (tertiary/aromatic N) is 1. The van der Waals surface area contributed by atoms with Crippen LogP contribution in [0.1, 0.15) is 18.4 Å². The molecule has 2 aliphatic rings. The van der Waals surface area contributed by atoms with Gasteiger partial charge in [-0.05, 0) is 31.0 Å². The first-order valence-corrected chi connectivity index (χ1v) is 8.58. The minimum atomic E-state index is -3.99. The summed E-state index contributed by atoms with van der Waals surface area (Å²) in [6, 6.07) is 5.57. The number of carbonyl (C=O) groups is 1. The van der Waals surface area contributed by atoms with Gasteiger partial charge in [0, 0.05) is 17.9 Å². The molecule has 1 saturated carbocycles. The Morgan fingerprint density at radius 2 is 2.27 bits per heavy atom. The number of ether oxygens (including phenoxy) is 1. The van der Waals surface area contributed by atoms with E-state index < -0.39 is 15.9 Å². The Balaban J connectivity index is 1.75. The number of nitrogens with one attached hydrogen (secondary N) is 1. The number of hydrogen-bond donors (Lipinski definition) is 1. The van der Waals surface area contributed by atoms with Crippen LogP contribution in [0.4, 0.5) is 0 Å². The third-order valence-corrected chi connectivity index (χ3v) is 5.90. The fraction of sp³-hybridized carbons (Fsp3) is 0.429. The Morgan fingerprint density at radius 1 is 1.50 bits per heavy atom. The summed E-state index contributed by atoms with van der Waals surface area (Å²) in [7, 11) is -3.99. The minimum absolute atomic E-state index is 0.0323. The van der Waals surface area contributed by atoms with Crippen LogP contribution in [0.5, 0.6) is 0 Å². The van der Waals surface area contributed by atoms with Crippen LogP contribution in [-0.2, 0) is 19.6 Å². The number of halogens is 1. The average Bonchev–Trinajstić information content (AvgIpc) is 2.96. The highest BCUT2D eigenvalue weighted by molar-refractivity contribution is 7.90. The summed E-state index contributed by atoms with van der Waals surface area (Å²) >= 11 is 5.83. The Bertz CT molecular complexity index is 779. The fourth-order valence-corrected chi connectivity index (χ4v) is 4.13. The molecule has 0 bridgehead atoms. The summed E-state index contributed by atoms with van der Waals surface area (Å²) in [5, 5.41) is 8.82. The number of rotatable bonds is 3. The SMILES string of the molecule is N#Cc1ccc(S(=O)(=O)NC(=O)C2CC23CCOC3)cc1Cl. The van der Waals surface area contributed by atoms with Gasteiger partial charge in [0.25, 0.3) is 10.0 Å². The third kappa shape index (κ3) is 2.58. The van der Waals surface area contributed by atoms with Gasteiger partial charge in [-0.25, -0.2) is 13.1 Å². The quantitative estimate of drug-likeness (QED) is 0.898.